The lowest BCUT2D eigenvalue weighted by atomic mass is 10.2. The highest BCUT2D eigenvalue weighted by molar-refractivity contribution is 8.03. The Kier molecular flexibility index (Phi) is 5.14. The zero-order valence-electron chi connectivity index (χ0n) is 9.88. The molecule has 2 N–H and O–H groups in total. The molecule has 2 heteroatoms. The molecule has 1 heterocycles. The Morgan fingerprint density at radius 1 is 1.12 bits per heavy atom. The molecular formula is C15H18NS+. The van der Waals surface area contributed by atoms with Crippen molar-refractivity contribution in [3.63, 3.8) is 0 Å². The van der Waals surface area contributed by atoms with Gasteiger partial charge in [0.1, 0.15) is 0 Å². The topological polar surface area (TPSA) is 16.6 Å². The van der Waals surface area contributed by atoms with E-state index in [1.54, 1.807) is 0 Å². The van der Waals surface area contributed by atoms with Crippen LogP contribution in [0.3, 0.4) is 0 Å². The molecule has 0 aliphatic carbocycles. The van der Waals surface area contributed by atoms with E-state index in [2.05, 4.69) is 66.2 Å². The molecule has 0 fully saturated rings. The quantitative estimate of drug-likeness (QED) is 0.803. The number of rotatable bonds is 1. The molecular weight excluding hydrogens is 226 g/mol. The van der Waals surface area contributed by atoms with Crippen molar-refractivity contribution in [3.05, 3.63) is 65.2 Å². The summed E-state index contributed by atoms with van der Waals surface area (Å²) in [6.45, 7) is 1.14. The van der Waals surface area contributed by atoms with Crippen LogP contribution in [0.25, 0.3) is 6.08 Å². The summed E-state index contributed by atoms with van der Waals surface area (Å²) >= 11 is 1.96. The van der Waals surface area contributed by atoms with Gasteiger partial charge >= 0.3 is 0 Å². The van der Waals surface area contributed by atoms with Crippen molar-refractivity contribution < 1.29 is 5.32 Å². The third-order valence-corrected chi connectivity index (χ3v) is 3.61. The van der Waals surface area contributed by atoms with Crippen LogP contribution in [0.15, 0.2) is 59.7 Å². The fourth-order valence-electron chi connectivity index (χ4n) is 1.65. The van der Waals surface area contributed by atoms with E-state index >= 15 is 0 Å². The molecule has 0 unspecified atom stereocenters. The van der Waals surface area contributed by atoms with Gasteiger partial charge in [-0.1, -0.05) is 42.5 Å². The van der Waals surface area contributed by atoms with Gasteiger partial charge in [0.2, 0.25) is 0 Å². The van der Waals surface area contributed by atoms with Crippen molar-refractivity contribution in [1.29, 1.82) is 0 Å². The molecule has 2 rings (SSSR count). The van der Waals surface area contributed by atoms with E-state index in [0.29, 0.717) is 0 Å². The van der Waals surface area contributed by atoms with Gasteiger partial charge in [-0.15, -0.1) is 11.8 Å². The molecule has 88 valence electrons. The Labute approximate surface area is 107 Å². The van der Waals surface area contributed by atoms with E-state index in [9.17, 15) is 0 Å². The van der Waals surface area contributed by atoms with Crippen LogP contribution in [-0.2, 0) is 0 Å². The molecule has 0 aromatic heterocycles. The number of allylic oxidation sites excluding steroid dienone is 4. The average molecular weight is 244 g/mol. The monoisotopic (exact) mass is 244 g/mol. The summed E-state index contributed by atoms with van der Waals surface area (Å²) in [6, 6.07) is 10.5. The SMILES string of the molecule is C1=C\C/C(=C/c2ccccc2)SCC[NH2+]\C=C/1. The van der Waals surface area contributed by atoms with Gasteiger partial charge in [0, 0.05) is 5.75 Å². The number of hydrogen-bond donors (Lipinski definition) is 1. The average Bonchev–Trinajstić information content (AvgIpc) is 2.38. The summed E-state index contributed by atoms with van der Waals surface area (Å²) in [5.74, 6) is 1.16. The number of thioether (sulfide) groups is 1. The van der Waals surface area contributed by atoms with Crippen molar-refractivity contribution in [1.82, 2.24) is 0 Å². The summed E-state index contributed by atoms with van der Waals surface area (Å²) in [4.78, 5) is 1.44. The highest BCUT2D eigenvalue weighted by Gasteiger charge is 1.99. The molecule has 1 aromatic rings. The first-order valence-corrected chi connectivity index (χ1v) is 6.97. The molecule has 0 amide bonds. The summed E-state index contributed by atoms with van der Waals surface area (Å²) in [5.41, 5.74) is 1.29. The second-order valence-corrected chi connectivity index (χ2v) is 5.13. The van der Waals surface area contributed by atoms with Crippen LogP contribution in [0, 0.1) is 0 Å². The molecule has 0 saturated heterocycles. The van der Waals surface area contributed by atoms with E-state index in [-0.39, 0.29) is 0 Å². The maximum Gasteiger partial charge on any atom is 0.0925 e. The van der Waals surface area contributed by atoms with E-state index in [1.807, 2.05) is 11.8 Å². The number of hydrogen-bond acceptors (Lipinski definition) is 1. The van der Waals surface area contributed by atoms with Gasteiger partial charge in [-0.2, -0.15) is 0 Å². The summed E-state index contributed by atoms with van der Waals surface area (Å²) in [6.07, 6.45) is 11.9. The summed E-state index contributed by atoms with van der Waals surface area (Å²) in [5, 5.41) is 2.22. The van der Waals surface area contributed by atoms with Crippen molar-refractivity contribution in [2.75, 3.05) is 12.3 Å². The maximum absolute atomic E-state index is 2.29. The number of quaternary nitrogens is 1. The maximum atomic E-state index is 2.29. The number of benzene rings is 1. The normalized spacial score (nSPS) is 23.2. The standard InChI is InChI=1S/C15H17NS/c1-3-7-14(8-4-1)13-15-9-5-2-6-10-16-11-12-17-15/h1-8,10,13,16H,9,11-12H2/p+1/b5-2-,10-6-,15-13-. The van der Waals surface area contributed by atoms with Gasteiger partial charge in [0.05, 0.1) is 12.7 Å². The Morgan fingerprint density at radius 3 is 2.88 bits per heavy atom. The van der Waals surface area contributed by atoms with Crippen molar-refractivity contribution in [2.24, 2.45) is 0 Å². The van der Waals surface area contributed by atoms with Crippen LogP contribution in [0.5, 0.6) is 0 Å². The molecule has 0 bridgehead atoms. The molecule has 1 aromatic carbocycles. The predicted octanol–water partition coefficient (Wildman–Crippen LogP) is 2.80. The second kappa shape index (κ2) is 7.15. The lowest BCUT2D eigenvalue weighted by Gasteiger charge is -2.05. The van der Waals surface area contributed by atoms with Crippen LogP contribution >= 0.6 is 11.8 Å². The van der Waals surface area contributed by atoms with Gasteiger partial charge in [-0.05, 0) is 29.0 Å². The number of nitrogens with two attached hydrogens (primary N) is 1. The van der Waals surface area contributed by atoms with Crippen LogP contribution in [0.1, 0.15) is 12.0 Å². The minimum absolute atomic E-state index is 1.03. The van der Waals surface area contributed by atoms with Crippen molar-refractivity contribution >= 4 is 17.8 Å². The van der Waals surface area contributed by atoms with E-state index < -0.39 is 0 Å². The van der Waals surface area contributed by atoms with E-state index in [1.165, 1.54) is 10.5 Å². The molecule has 0 spiro atoms. The molecule has 1 nitrogen and oxygen atoms in total. The van der Waals surface area contributed by atoms with Crippen LogP contribution in [-0.4, -0.2) is 12.3 Å². The second-order valence-electron chi connectivity index (χ2n) is 3.91. The molecule has 0 atom stereocenters. The summed E-state index contributed by atoms with van der Waals surface area (Å²) < 4.78 is 0. The van der Waals surface area contributed by atoms with Gasteiger partial charge in [0.15, 0.2) is 0 Å². The Balaban J connectivity index is 2.09. The molecule has 1 aliphatic rings. The Hall–Kier alpha value is -1.25. The zero-order chi connectivity index (χ0) is 11.8. The van der Waals surface area contributed by atoms with E-state index in [0.717, 1.165) is 18.7 Å². The van der Waals surface area contributed by atoms with Gasteiger partial charge in [-0.25, -0.2) is 0 Å². The van der Waals surface area contributed by atoms with Crippen LogP contribution < -0.4 is 5.32 Å². The van der Waals surface area contributed by atoms with Gasteiger partial charge < -0.3 is 5.32 Å². The molecule has 0 radical (unpaired) electrons. The fourth-order valence-corrected chi connectivity index (χ4v) is 2.60. The van der Waals surface area contributed by atoms with E-state index in [4.69, 9.17) is 0 Å². The first-order chi connectivity index (χ1) is 8.45. The lowest BCUT2D eigenvalue weighted by molar-refractivity contribution is -0.583. The minimum atomic E-state index is 1.03. The molecule has 17 heavy (non-hydrogen) atoms. The zero-order valence-corrected chi connectivity index (χ0v) is 10.7. The van der Waals surface area contributed by atoms with Gasteiger partial charge in [0.25, 0.3) is 0 Å². The molecule has 0 saturated carbocycles. The van der Waals surface area contributed by atoms with Crippen molar-refractivity contribution in [2.45, 2.75) is 6.42 Å². The lowest BCUT2D eigenvalue weighted by Crippen LogP contribution is -2.78. The first kappa shape index (κ1) is 12.2. The smallest absolute Gasteiger partial charge is 0.0925 e. The van der Waals surface area contributed by atoms with Crippen LogP contribution in [0.4, 0.5) is 0 Å². The minimum Gasteiger partial charge on any atom is -0.319 e. The molecule has 1 aliphatic heterocycles. The fraction of sp³-hybridized carbons (Fsp3) is 0.200. The summed E-state index contributed by atoms with van der Waals surface area (Å²) in [7, 11) is 0. The predicted molar refractivity (Wildman–Crippen MR) is 76.6 cm³/mol. The Morgan fingerprint density at radius 2 is 2.00 bits per heavy atom. The van der Waals surface area contributed by atoms with Crippen LogP contribution in [0.2, 0.25) is 0 Å². The highest BCUT2D eigenvalue weighted by atomic mass is 32.2. The Bertz CT molecular complexity index is 418. The third kappa shape index (κ3) is 4.63. The van der Waals surface area contributed by atoms with Gasteiger partial charge in [-0.3, -0.25) is 0 Å². The largest absolute Gasteiger partial charge is 0.319 e. The van der Waals surface area contributed by atoms with Crippen molar-refractivity contribution in [3.8, 4) is 0 Å². The third-order valence-electron chi connectivity index (χ3n) is 2.51. The highest BCUT2D eigenvalue weighted by Crippen LogP contribution is 2.22. The first-order valence-electron chi connectivity index (χ1n) is 5.98.